The number of benzene rings is 1. The second-order valence-corrected chi connectivity index (χ2v) is 7.29. The maximum atomic E-state index is 13.1. The molecular weight excluding hydrogens is 377 g/mol. The van der Waals surface area contributed by atoms with Gasteiger partial charge in [0.05, 0.1) is 5.02 Å². The standard InChI is InChI=1S/C11H12BrClFNO4S/c1-5(2)9(11(16)17)15-20(18,19)10-7(12)3-6(14)4-8(10)13/h3-5,9,15H,1-2H3,(H,16,17)/t9-/m0/s1. The fourth-order valence-corrected chi connectivity index (χ4v) is 4.64. The first-order valence-electron chi connectivity index (χ1n) is 5.46. The van der Waals surface area contributed by atoms with Crippen molar-refractivity contribution in [2.24, 2.45) is 5.92 Å². The van der Waals surface area contributed by atoms with E-state index < -0.39 is 38.7 Å². The molecule has 2 N–H and O–H groups in total. The van der Waals surface area contributed by atoms with Crippen molar-refractivity contribution >= 4 is 43.5 Å². The van der Waals surface area contributed by atoms with E-state index in [4.69, 9.17) is 16.7 Å². The van der Waals surface area contributed by atoms with Gasteiger partial charge in [-0.15, -0.1) is 0 Å². The van der Waals surface area contributed by atoms with Gasteiger partial charge in [-0.3, -0.25) is 4.79 Å². The second-order valence-electron chi connectivity index (χ2n) is 4.38. The van der Waals surface area contributed by atoms with E-state index >= 15 is 0 Å². The van der Waals surface area contributed by atoms with Crippen LogP contribution in [0.3, 0.4) is 0 Å². The highest BCUT2D eigenvalue weighted by Gasteiger charge is 2.30. The fourth-order valence-electron chi connectivity index (χ4n) is 1.48. The van der Waals surface area contributed by atoms with E-state index in [1.165, 1.54) is 0 Å². The van der Waals surface area contributed by atoms with Gasteiger partial charge in [-0.2, -0.15) is 4.72 Å². The molecule has 0 unspecified atom stereocenters. The minimum Gasteiger partial charge on any atom is -0.480 e. The Labute approximate surface area is 129 Å². The van der Waals surface area contributed by atoms with Gasteiger partial charge < -0.3 is 5.11 Å². The van der Waals surface area contributed by atoms with Crippen LogP contribution in [0.15, 0.2) is 21.5 Å². The molecule has 0 fully saturated rings. The van der Waals surface area contributed by atoms with E-state index in [2.05, 4.69) is 15.9 Å². The number of carboxylic acid groups (broad SMARTS) is 1. The van der Waals surface area contributed by atoms with E-state index in [1.807, 2.05) is 4.72 Å². The van der Waals surface area contributed by atoms with Crippen LogP contribution in [0.25, 0.3) is 0 Å². The number of hydrogen-bond donors (Lipinski definition) is 2. The third-order valence-corrected chi connectivity index (χ3v) is 5.29. The Morgan fingerprint density at radius 1 is 1.45 bits per heavy atom. The van der Waals surface area contributed by atoms with Gasteiger partial charge in [-0.25, -0.2) is 12.8 Å². The number of rotatable bonds is 5. The molecule has 0 saturated heterocycles. The highest BCUT2D eigenvalue weighted by Crippen LogP contribution is 2.31. The quantitative estimate of drug-likeness (QED) is 0.812. The summed E-state index contributed by atoms with van der Waals surface area (Å²) in [6.07, 6.45) is 0. The zero-order valence-corrected chi connectivity index (χ0v) is 13.7. The fraction of sp³-hybridized carbons (Fsp3) is 0.364. The van der Waals surface area contributed by atoms with E-state index in [-0.39, 0.29) is 9.50 Å². The van der Waals surface area contributed by atoms with Crippen LogP contribution in [0.4, 0.5) is 4.39 Å². The van der Waals surface area contributed by atoms with Crippen molar-refractivity contribution in [2.45, 2.75) is 24.8 Å². The van der Waals surface area contributed by atoms with Gasteiger partial charge in [-0.1, -0.05) is 25.4 Å². The van der Waals surface area contributed by atoms with Crippen LogP contribution in [0.1, 0.15) is 13.8 Å². The zero-order valence-electron chi connectivity index (χ0n) is 10.5. The first kappa shape index (κ1) is 17.4. The van der Waals surface area contributed by atoms with Crippen LogP contribution in [0, 0.1) is 11.7 Å². The Hall–Kier alpha value is -0.700. The van der Waals surface area contributed by atoms with Gasteiger partial charge in [-0.05, 0) is 34.0 Å². The van der Waals surface area contributed by atoms with Crippen LogP contribution >= 0.6 is 27.5 Å². The summed E-state index contributed by atoms with van der Waals surface area (Å²) in [6.45, 7) is 3.12. The summed E-state index contributed by atoms with van der Waals surface area (Å²) >= 11 is 8.63. The highest BCUT2D eigenvalue weighted by molar-refractivity contribution is 9.10. The smallest absolute Gasteiger partial charge is 0.322 e. The van der Waals surface area contributed by atoms with Crippen molar-refractivity contribution in [1.29, 1.82) is 0 Å². The molecule has 1 aromatic rings. The van der Waals surface area contributed by atoms with Gasteiger partial charge in [0.15, 0.2) is 0 Å². The lowest BCUT2D eigenvalue weighted by atomic mass is 10.1. The van der Waals surface area contributed by atoms with Crippen LogP contribution in [-0.2, 0) is 14.8 Å². The molecule has 9 heteroatoms. The molecule has 0 aliphatic heterocycles. The average Bonchev–Trinajstić information content (AvgIpc) is 2.23. The van der Waals surface area contributed by atoms with E-state index in [9.17, 15) is 17.6 Å². The molecule has 0 amide bonds. The Bertz CT molecular complexity index is 612. The molecular formula is C11H12BrClFNO4S. The van der Waals surface area contributed by atoms with Gasteiger partial charge in [0, 0.05) is 4.47 Å². The Morgan fingerprint density at radius 3 is 2.40 bits per heavy atom. The summed E-state index contributed by atoms with van der Waals surface area (Å²) in [5, 5.41) is 8.67. The topological polar surface area (TPSA) is 83.5 Å². The zero-order chi connectivity index (χ0) is 15.7. The molecule has 0 heterocycles. The van der Waals surface area contributed by atoms with Gasteiger partial charge in [0.1, 0.15) is 16.8 Å². The minimum atomic E-state index is -4.20. The van der Waals surface area contributed by atoms with Crippen LogP contribution in [0.5, 0.6) is 0 Å². The largest absolute Gasteiger partial charge is 0.480 e. The van der Waals surface area contributed by atoms with E-state index in [1.54, 1.807) is 13.8 Å². The normalized spacial score (nSPS) is 13.5. The predicted molar refractivity (Wildman–Crippen MR) is 75.7 cm³/mol. The molecule has 0 aliphatic carbocycles. The molecule has 1 aromatic carbocycles. The van der Waals surface area contributed by atoms with Crippen molar-refractivity contribution in [1.82, 2.24) is 4.72 Å². The molecule has 5 nitrogen and oxygen atoms in total. The molecule has 112 valence electrons. The van der Waals surface area contributed by atoms with Crippen molar-refractivity contribution in [3.8, 4) is 0 Å². The number of nitrogens with one attached hydrogen (secondary N) is 1. The van der Waals surface area contributed by atoms with Crippen LogP contribution < -0.4 is 4.72 Å². The van der Waals surface area contributed by atoms with E-state index in [0.717, 1.165) is 12.1 Å². The molecule has 0 bridgehead atoms. The summed E-state index contributed by atoms with van der Waals surface area (Å²) < 4.78 is 39.4. The molecule has 20 heavy (non-hydrogen) atoms. The number of carbonyl (C=O) groups is 1. The third kappa shape index (κ3) is 3.91. The lowest BCUT2D eigenvalue weighted by Gasteiger charge is -2.19. The van der Waals surface area contributed by atoms with Crippen molar-refractivity contribution in [3.05, 3.63) is 27.4 Å². The number of halogens is 3. The molecule has 0 saturated carbocycles. The van der Waals surface area contributed by atoms with E-state index in [0.29, 0.717) is 0 Å². The van der Waals surface area contributed by atoms with Crippen LogP contribution in [0.2, 0.25) is 5.02 Å². The Morgan fingerprint density at radius 2 is 2.00 bits per heavy atom. The number of carboxylic acids is 1. The second kappa shape index (κ2) is 6.38. The van der Waals surface area contributed by atoms with Gasteiger partial charge in [0.25, 0.3) is 0 Å². The summed E-state index contributed by atoms with van der Waals surface area (Å²) in [7, 11) is -4.20. The number of hydrogen-bond acceptors (Lipinski definition) is 3. The molecule has 0 aliphatic rings. The summed E-state index contributed by atoms with van der Waals surface area (Å²) in [5.41, 5.74) is 0. The maximum Gasteiger partial charge on any atom is 0.322 e. The molecule has 1 atom stereocenters. The highest BCUT2D eigenvalue weighted by atomic mass is 79.9. The first-order chi connectivity index (χ1) is 9.06. The maximum absolute atomic E-state index is 13.1. The van der Waals surface area contributed by atoms with Crippen molar-refractivity contribution in [2.75, 3.05) is 0 Å². The summed E-state index contributed by atoms with van der Waals surface area (Å²) in [5.74, 6) is -2.49. The van der Waals surface area contributed by atoms with Gasteiger partial charge >= 0.3 is 5.97 Å². The average molecular weight is 389 g/mol. The minimum absolute atomic E-state index is 0.0807. The number of sulfonamides is 1. The summed E-state index contributed by atoms with van der Waals surface area (Å²) in [6, 6.07) is 0.463. The van der Waals surface area contributed by atoms with Crippen molar-refractivity contribution in [3.63, 3.8) is 0 Å². The first-order valence-corrected chi connectivity index (χ1v) is 8.11. The molecule has 0 radical (unpaired) electrons. The molecule has 1 rings (SSSR count). The summed E-state index contributed by atoms with van der Waals surface area (Å²) in [4.78, 5) is 10.6. The van der Waals surface area contributed by atoms with Crippen molar-refractivity contribution < 1.29 is 22.7 Å². The lowest BCUT2D eigenvalue weighted by Crippen LogP contribution is -2.44. The predicted octanol–water partition coefficient (Wildman–Crippen LogP) is 2.63. The number of aliphatic carboxylic acids is 1. The molecule has 0 spiro atoms. The Kier molecular flexibility index (Phi) is 5.54. The monoisotopic (exact) mass is 387 g/mol. The van der Waals surface area contributed by atoms with Crippen LogP contribution in [-0.4, -0.2) is 25.5 Å². The lowest BCUT2D eigenvalue weighted by molar-refractivity contribution is -0.140. The SMILES string of the molecule is CC(C)[C@H](NS(=O)(=O)c1c(Cl)cc(F)cc1Br)C(=O)O. The third-order valence-electron chi connectivity index (χ3n) is 2.45. The Balaban J connectivity index is 3.28. The van der Waals surface area contributed by atoms with Gasteiger partial charge in [0.2, 0.25) is 10.0 Å². The molecule has 0 aromatic heterocycles.